The summed E-state index contributed by atoms with van der Waals surface area (Å²) in [6.07, 6.45) is 0.294. The fourth-order valence-corrected chi connectivity index (χ4v) is 5.62. The molecule has 1 unspecified atom stereocenters. The number of aliphatic carboxylic acids is 1. The second-order valence-electron chi connectivity index (χ2n) is 9.86. The number of methoxy groups -OCH3 is 1. The Labute approximate surface area is 204 Å². The third kappa shape index (κ3) is 4.16. The van der Waals surface area contributed by atoms with Gasteiger partial charge in [-0.05, 0) is 42.0 Å². The van der Waals surface area contributed by atoms with E-state index in [0.717, 1.165) is 35.1 Å². The van der Waals surface area contributed by atoms with Gasteiger partial charge >= 0.3 is 12.1 Å². The van der Waals surface area contributed by atoms with Crippen LogP contribution < -0.4 is 5.32 Å². The van der Waals surface area contributed by atoms with E-state index in [9.17, 15) is 19.5 Å². The molecular formula is C27H30N2O6. The molecule has 3 atom stereocenters. The highest BCUT2D eigenvalue weighted by molar-refractivity contribution is 5.88. The Kier molecular flexibility index (Phi) is 6.01. The van der Waals surface area contributed by atoms with E-state index in [0.29, 0.717) is 6.54 Å². The third-order valence-electron chi connectivity index (χ3n) is 7.87. The zero-order valence-electron chi connectivity index (χ0n) is 19.9. The summed E-state index contributed by atoms with van der Waals surface area (Å²) in [5.41, 5.74) is 4.15. The van der Waals surface area contributed by atoms with Gasteiger partial charge < -0.3 is 24.8 Å². The fraction of sp³-hybridized carbons (Fsp3) is 0.444. The molecule has 0 bridgehead atoms. The Hall–Kier alpha value is -3.39. The van der Waals surface area contributed by atoms with Gasteiger partial charge in [-0.1, -0.05) is 48.5 Å². The molecule has 1 heterocycles. The molecule has 1 spiro atoms. The van der Waals surface area contributed by atoms with Gasteiger partial charge in [0.1, 0.15) is 12.6 Å². The molecule has 184 valence electrons. The van der Waals surface area contributed by atoms with Gasteiger partial charge in [0.25, 0.3) is 0 Å². The Morgan fingerprint density at radius 2 is 1.69 bits per heavy atom. The average molecular weight is 479 g/mol. The standard InChI is InChI=1S/C27H30N2O6/c1-16(34-2)23(24(30)29-13-22(25(31)32)27(15-29)11-12-27)28-26(33)35-14-21-19-9-5-3-7-17(19)18-8-4-6-10-20(18)21/h3-10,16,21-23H,11-15H2,1-2H3,(H,28,33)(H,31,32)/t16-,22?,23+/m1/s1. The van der Waals surface area contributed by atoms with Crippen molar-refractivity contribution in [3.63, 3.8) is 0 Å². The molecule has 2 aromatic carbocycles. The first-order valence-electron chi connectivity index (χ1n) is 12.0. The Bertz CT molecular complexity index is 1110. The van der Waals surface area contributed by atoms with Crippen molar-refractivity contribution in [3.05, 3.63) is 59.7 Å². The lowest BCUT2D eigenvalue weighted by Gasteiger charge is -2.28. The maximum atomic E-state index is 13.3. The molecule has 8 nitrogen and oxygen atoms in total. The minimum absolute atomic E-state index is 0.0909. The Balaban J connectivity index is 1.26. The number of carboxylic acids is 1. The number of hydrogen-bond donors (Lipinski definition) is 2. The number of carbonyl (C=O) groups excluding carboxylic acids is 2. The molecule has 2 aromatic rings. The van der Waals surface area contributed by atoms with Crippen molar-refractivity contribution >= 4 is 18.0 Å². The number of carbonyl (C=O) groups is 3. The zero-order valence-corrected chi connectivity index (χ0v) is 19.9. The van der Waals surface area contributed by atoms with Crippen molar-refractivity contribution in [2.24, 2.45) is 11.3 Å². The number of nitrogens with zero attached hydrogens (tertiary/aromatic N) is 1. The van der Waals surface area contributed by atoms with Crippen molar-refractivity contribution in [3.8, 4) is 11.1 Å². The minimum Gasteiger partial charge on any atom is -0.481 e. The van der Waals surface area contributed by atoms with E-state index in [-0.39, 0.29) is 30.4 Å². The van der Waals surface area contributed by atoms with E-state index in [1.54, 1.807) is 11.8 Å². The molecule has 2 N–H and O–H groups in total. The van der Waals surface area contributed by atoms with Gasteiger partial charge in [0.15, 0.2) is 0 Å². The SMILES string of the molecule is CO[C@H](C)[C@H](NC(=O)OCC1c2ccccc2-c2ccccc21)C(=O)N1CC(C(=O)O)C2(CC2)C1. The summed E-state index contributed by atoms with van der Waals surface area (Å²) in [5, 5.41) is 12.3. The van der Waals surface area contributed by atoms with Crippen LogP contribution in [0, 0.1) is 11.3 Å². The number of rotatable bonds is 7. The highest BCUT2D eigenvalue weighted by Crippen LogP contribution is 2.56. The maximum absolute atomic E-state index is 13.3. The second kappa shape index (κ2) is 9.00. The largest absolute Gasteiger partial charge is 0.481 e. The molecule has 1 saturated carbocycles. The lowest BCUT2D eigenvalue weighted by molar-refractivity contribution is -0.143. The lowest BCUT2D eigenvalue weighted by Crippen LogP contribution is -2.54. The Morgan fingerprint density at radius 1 is 1.09 bits per heavy atom. The van der Waals surface area contributed by atoms with E-state index in [4.69, 9.17) is 9.47 Å². The molecule has 0 aromatic heterocycles. The van der Waals surface area contributed by atoms with Crippen molar-refractivity contribution < 1.29 is 29.0 Å². The summed E-state index contributed by atoms with van der Waals surface area (Å²) in [6, 6.07) is 15.2. The molecule has 0 radical (unpaired) electrons. The molecule has 35 heavy (non-hydrogen) atoms. The predicted octanol–water partition coefficient (Wildman–Crippen LogP) is 3.25. The summed E-state index contributed by atoms with van der Waals surface area (Å²) in [4.78, 5) is 39.4. The summed E-state index contributed by atoms with van der Waals surface area (Å²) in [5.74, 6) is -1.88. The van der Waals surface area contributed by atoms with Crippen LogP contribution in [0.15, 0.2) is 48.5 Å². The Morgan fingerprint density at radius 3 is 2.20 bits per heavy atom. The predicted molar refractivity (Wildman–Crippen MR) is 128 cm³/mol. The number of likely N-dealkylation sites (tertiary alicyclic amines) is 1. The summed E-state index contributed by atoms with van der Waals surface area (Å²) in [7, 11) is 1.47. The van der Waals surface area contributed by atoms with Crippen molar-refractivity contribution in [1.29, 1.82) is 0 Å². The third-order valence-corrected chi connectivity index (χ3v) is 7.87. The number of amides is 2. The van der Waals surface area contributed by atoms with Gasteiger partial charge in [-0.25, -0.2) is 4.79 Å². The van der Waals surface area contributed by atoms with Crippen LogP contribution in [0.2, 0.25) is 0 Å². The average Bonchev–Trinajstić information content (AvgIpc) is 3.41. The van der Waals surface area contributed by atoms with Crippen LogP contribution in [0.5, 0.6) is 0 Å². The quantitative estimate of drug-likeness (QED) is 0.633. The molecule has 5 rings (SSSR count). The van der Waals surface area contributed by atoms with E-state index >= 15 is 0 Å². The second-order valence-corrected chi connectivity index (χ2v) is 9.86. The number of ether oxygens (including phenoxy) is 2. The van der Waals surface area contributed by atoms with E-state index < -0.39 is 30.1 Å². The monoisotopic (exact) mass is 478 g/mol. The number of carboxylic acid groups (broad SMARTS) is 1. The lowest BCUT2D eigenvalue weighted by atomic mass is 9.93. The van der Waals surface area contributed by atoms with Crippen LogP contribution in [0.4, 0.5) is 4.79 Å². The van der Waals surface area contributed by atoms with Crippen LogP contribution in [0.1, 0.15) is 36.8 Å². The van der Waals surface area contributed by atoms with Gasteiger partial charge in [0.2, 0.25) is 5.91 Å². The number of fused-ring (bicyclic) bond motifs is 3. The van der Waals surface area contributed by atoms with Crippen LogP contribution >= 0.6 is 0 Å². The van der Waals surface area contributed by atoms with Gasteiger partial charge in [-0.15, -0.1) is 0 Å². The van der Waals surface area contributed by atoms with Gasteiger partial charge in [-0.3, -0.25) is 9.59 Å². The number of alkyl carbamates (subject to hydrolysis) is 1. The normalized spacial score (nSPS) is 21.2. The maximum Gasteiger partial charge on any atom is 0.407 e. The molecule has 8 heteroatoms. The molecule has 1 saturated heterocycles. The van der Waals surface area contributed by atoms with E-state index in [2.05, 4.69) is 17.4 Å². The topological polar surface area (TPSA) is 105 Å². The summed E-state index contributed by atoms with van der Waals surface area (Å²) >= 11 is 0. The number of nitrogens with one attached hydrogen (secondary N) is 1. The highest BCUT2D eigenvalue weighted by atomic mass is 16.5. The summed E-state index contributed by atoms with van der Waals surface area (Å²) < 4.78 is 11.0. The van der Waals surface area contributed by atoms with Gasteiger partial charge in [-0.2, -0.15) is 0 Å². The number of benzene rings is 2. The molecule has 2 aliphatic carbocycles. The first-order valence-corrected chi connectivity index (χ1v) is 12.0. The van der Waals surface area contributed by atoms with Gasteiger partial charge in [0.05, 0.1) is 12.0 Å². The first-order chi connectivity index (χ1) is 16.8. The van der Waals surface area contributed by atoms with E-state index in [1.165, 1.54) is 7.11 Å². The highest BCUT2D eigenvalue weighted by Gasteiger charge is 2.59. The first kappa shape index (κ1) is 23.4. The smallest absolute Gasteiger partial charge is 0.407 e. The number of hydrogen-bond acceptors (Lipinski definition) is 5. The minimum atomic E-state index is -0.973. The van der Waals surface area contributed by atoms with Crippen LogP contribution in [0.3, 0.4) is 0 Å². The molecule has 1 aliphatic heterocycles. The van der Waals surface area contributed by atoms with Crippen LogP contribution in [-0.4, -0.2) is 66.9 Å². The van der Waals surface area contributed by atoms with Crippen molar-refractivity contribution in [1.82, 2.24) is 10.2 Å². The van der Waals surface area contributed by atoms with Crippen LogP contribution in [-0.2, 0) is 19.1 Å². The molecule has 3 aliphatic rings. The fourth-order valence-electron chi connectivity index (χ4n) is 5.62. The van der Waals surface area contributed by atoms with Crippen molar-refractivity contribution in [2.75, 3.05) is 26.8 Å². The molecule has 2 amide bonds. The van der Waals surface area contributed by atoms with Gasteiger partial charge in [0, 0.05) is 31.5 Å². The summed E-state index contributed by atoms with van der Waals surface area (Å²) in [6.45, 7) is 2.37. The van der Waals surface area contributed by atoms with Crippen molar-refractivity contribution in [2.45, 2.75) is 37.8 Å². The zero-order chi connectivity index (χ0) is 24.7. The van der Waals surface area contributed by atoms with E-state index in [1.807, 2.05) is 36.4 Å². The van der Waals surface area contributed by atoms with Crippen LogP contribution in [0.25, 0.3) is 11.1 Å². The molecule has 2 fully saturated rings. The molecular weight excluding hydrogens is 448 g/mol.